The monoisotopic (exact) mass is 270 g/mol. The molecule has 6 nitrogen and oxygen atoms in total. The number of carboxylic acid groups (broad SMARTS) is 1. The van der Waals surface area contributed by atoms with Crippen LogP contribution in [0.1, 0.15) is 19.3 Å². The summed E-state index contributed by atoms with van der Waals surface area (Å²) in [4.78, 5) is 32.9. The molecule has 0 aromatic carbocycles. The van der Waals surface area contributed by atoms with Crippen LogP contribution in [0.15, 0.2) is 17.5 Å². The molecule has 0 radical (unpaired) electrons. The Morgan fingerprint density at radius 2 is 2.06 bits per heavy atom. The van der Waals surface area contributed by atoms with Crippen LogP contribution in [0, 0.1) is 0 Å². The molecule has 0 aliphatic carbocycles. The SMILES string of the molecule is O=C(O)CCCC(=O)CNC(=O)Nc1cccs1. The Morgan fingerprint density at radius 3 is 2.67 bits per heavy atom. The van der Waals surface area contributed by atoms with Gasteiger partial charge in [-0.25, -0.2) is 4.79 Å². The van der Waals surface area contributed by atoms with Gasteiger partial charge in [0.1, 0.15) is 0 Å². The third kappa shape index (κ3) is 6.00. The number of thiophene rings is 1. The normalized spacial score (nSPS) is 9.78. The fraction of sp³-hybridized carbons (Fsp3) is 0.364. The summed E-state index contributed by atoms with van der Waals surface area (Å²) >= 11 is 1.38. The van der Waals surface area contributed by atoms with Crippen LogP contribution in [-0.2, 0) is 9.59 Å². The molecule has 0 unspecified atom stereocenters. The number of amides is 2. The van der Waals surface area contributed by atoms with Crippen molar-refractivity contribution >= 4 is 34.1 Å². The highest BCUT2D eigenvalue weighted by atomic mass is 32.1. The van der Waals surface area contributed by atoms with Gasteiger partial charge < -0.3 is 10.4 Å². The van der Waals surface area contributed by atoms with Gasteiger partial charge in [0.25, 0.3) is 0 Å². The zero-order valence-corrected chi connectivity index (χ0v) is 10.5. The van der Waals surface area contributed by atoms with E-state index in [0.29, 0.717) is 11.4 Å². The van der Waals surface area contributed by atoms with Crippen LogP contribution in [0.4, 0.5) is 9.80 Å². The lowest BCUT2D eigenvalue weighted by atomic mass is 10.2. The number of carbonyl (C=O) groups excluding carboxylic acids is 2. The molecule has 0 saturated heterocycles. The van der Waals surface area contributed by atoms with Gasteiger partial charge in [-0.3, -0.25) is 14.9 Å². The second-order valence-electron chi connectivity index (χ2n) is 3.57. The zero-order valence-electron chi connectivity index (χ0n) is 9.64. The number of carboxylic acids is 1. The number of Topliss-reactive ketones (excluding diaryl/α,β-unsaturated/α-hetero) is 1. The Bertz CT molecular complexity index is 417. The van der Waals surface area contributed by atoms with Crippen molar-refractivity contribution in [2.75, 3.05) is 11.9 Å². The molecule has 1 aromatic heterocycles. The number of urea groups is 1. The van der Waals surface area contributed by atoms with Crippen molar-refractivity contribution in [2.45, 2.75) is 19.3 Å². The molecule has 0 aliphatic rings. The van der Waals surface area contributed by atoms with Crippen LogP contribution in [-0.4, -0.2) is 29.4 Å². The quantitative estimate of drug-likeness (QED) is 0.702. The summed E-state index contributed by atoms with van der Waals surface area (Å²) in [5.74, 6) is -1.11. The molecule has 98 valence electrons. The van der Waals surface area contributed by atoms with Crippen molar-refractivity contribution in [3.05, 3.63) is 17.5 Å². The third-order valence-electron chi connectivity index (χ3n) is 2.05. The molecule has 1 rings (SSSR count). The van der Waals surface area contributed by atoms with Crippen LogP contribution in [0.2, 0.25) is 0 Å². The highest BCUT2D eigenvalue weighted by Gasteiger charge is 2.07. The van der Waals surface area contributed by atoms with E-state index in [9.17, 15) is 14.4 Å². The second kappa shape index (κ2) is 7.44. The number of ketones is 1. The lowest BCUT2D eigenvalue weighted by Crippen LogP contribution is -2.33. The molecule has 0 saturated carbocycles. The lowest BCUT2D eigenvalue weighted by Gasteiger charge is -2.04. The molecule has 0 atom stereocenters. The predicted octanol–water partition coefficient (Wildman–Crippen LogP) is 1.69. The van der Waals surface area contributed by atoms with Gasteiger partial charge in [-0.15, -0.1) is 11.3 Å². The van der Waals surface area contributed by atoms with Crippen molar-refractivity contribution in [1.29, 1.82) is 0 Å². The molecule has 0 spiro atoms. The average Bonchev–Trinajstić information content (AvgIpc) is 2.78. The predicted molar refractivity (Wildman–Crippen MR) is 67.8 cm³/mol. The molecule has 0 fully saturated rings. The number of carbonyl (C=O) groups is 3. The van der Waals surface area contributed by atoms with E-state index in [2.05, 4.69) is 10.6 Å². The Morgan fingerprint density at radius 1 is 1.28 bits per heavy atom. The van der Waals surface area contributed by atoms with Gasteiger partial charge in [0.05, 0.1) is 11.5 Å². The van der Waals surface area contributed by atoms with E-state index in [1.807, 2.05) is 5.38 Å². The van der Waals surface area contributed by atoms with Gasteiger partial charge in [0.15, 0.2) is 5.78 Å². The Kier molecular flexibility index (Phi) is 5.86. The number of nitrogens with one attached hydrogen (secondary N) is 2. The van der Waals surface area contributed by atoms with E-state index in [-0.39, 0.29) is 25.2 Å². The number of aliphatic carboxylic acids is 1. The maximum Gasteiger partial charge on any atom is 0.320 e. The fourth-order valence-electron chi connectivity index (χ4n) is 1.21. The number of hydrogen-bond acceptors (Lipinski definition) is 4. The molecule has 0 bridgehead atoms. The first-order valence-electron chi connectivity index (χ1n) is 5.40. The summed E-state index contributed by atoms with van der Waals surface area (Å²) in [6.45, 7) is -0.0865. The Hall–Kier alpha value is -1.89. The number of hydrogen-bond donors (Lipinski definition) is 3. The summed E-state index contributed by atoms with van der Waals surface area (Å²) in [7, 11) is 0. The smallest absolute Gasteiger partial charge is 0.320 e. The summed E-state index contributed by atoms with van der Waals surface area (Å²) in [6.07, 6.45) is 0.418. The standard InChI is InChI=1S/C11H14N2O4S/c14-8(3-1-5-10(15)16)7-12-11(17)13-9-4-2-6-18-9/h2,4,6H,1,3,5,7H2,(H,15,16)(H2,12,13,17). The summed E-state index contributed by atoms with van der Waals surface area (Å²) in [5.41, 5.74) is 0. The van der Waals surface area contributed by atoms with Gasteiger partial charge in [0, 0.05) is 12.8 Å². The third-order valence-corrected chi connectivity index (χ3v) is 2.84. The van der Waals surface area contributed by atoms with Crippen LogP contribution in [0.3, 0.4) is 0 Å². The van der Waals surface area contributed by atoms with Gasteiger partial charge in [0.2, 0.25) is 0 Å². The Balaban J connectivity index is 2.14. The van der Waals surface area contributed by atoms with E-state index in [1.165, 1.54) is 11.3 Å². The minimum atomic E-state index is -0.925. The first-order valence-corrected chi connectivity index (χ1v) is 6.28. The maximum atomic E-state index is 11.3. The molecular formula is C11H14N2O4S. The van der Waals surface area contributed by atoms with Crippen molar-refractivity contribution in [3.8, 4) is 0 Å². The average molecular weight is 270 g/mol. The van der Waals surface area contributed by atoms with Crippen molar-refractivity contribution < 1.29 is 19.5 Å². The summed E-state index contributed by atoms with van der Waals surface area (Å²) < 4.78 is 0. The van der Waals surface area contributed by atoms with Crippen LogP contribution in [0.5, 0.6) is 0 Å². The molecule has 1 heterocycles. The van der Waals surface area contributed by atoms with E-state index >= 15 is 0 Å². The van der Waals surface area contributed by atoms with Gasteiger partial charge in [-0.05, 0) is 23.9 Å². The van der Waals surface area contributed by atoms with Crippen LogP contribution >= 0.6 is 11.3 Å². The van der Waals surface area contributed by atoms with Gasteiger partial charge in [-0.1, -0.05) is 0 Å². The topological polar surface area (TPSA) is 95.5 Å². The van der Waals surface area contributed by atoms with Gasteiger partial charge in [-0.2, -0.15) is 0 Å². The van der Waals surface area contributed by atoms with Crippen LogP contribution < -0.4 is 10.6 Å². The maximum absolute atomic E-state index is 11.3. The van der Waals surface area contributed by atoms with E-state index in [4.69, 9.17) is 5.11 Å². The van der Waals surface area contributed by atoms with Crippen molar-refractivity contribution in [1.82, 2.24) is 5.32 Å². The highest BCUT2D eigenvalue weighted by molar-refractivity contribution is 7.14. The zero-order chi connectivity index (χ0) is 13.4. The molecule has 3 N–H and O–H groups in total. The van der Waals surface area contributed by atoms with Crippen molar-refractivity contribution in [2.24, 2.45) is 0 Å². The lowest BCUT2D eigenvalue weighted by molar-refractivity contribution is -0.137. The molecule has 2 amide bonds. The number of rotatable bonds is 7. The Labute approximate surface area is 108 Å². The molecule has 1 aromatic rings. The van der Waals surface area contributed by atoms with E-state index in [1.54, 1.807) is 12.1 Å². The second-order valence-corrected chi connectivity index (χ2v) is 4.52. The van der Waals surface area contributed by atoms with E-state index in [0.717, 1.165) is 0 Å². The molecule has 7 heteroatoms. The minimum absolute atomic E-state index is 0.0346. The first kappa shape index (κ1) is 14.2. The largest absolute Gasteiger partial charge is 0.481 e. The van der Waals surface area contributed by atoms with Crippen molar-refractivity contribution in [3.63, 3.8) is 0 Å². The number of anilines is 1. The van der Waals surface area contributed by atoms with Gasteiger partial charge >= 0.3 is 12.0 Å². The summed E-state index contributed by atoms with van der Waals surface area (Å²) in [5, 5.41) is 15.9. The van der Waals surface area contributed by atoms with Crippen LogP contribution in [0.25, 0.3) is 0 Å². The highest BCUT2D eigenvalue weighted by Crippen LogP contribution is 2.14. The van der Waals surface area contributed by atoms with E-state index < -0.39 is 12.0 Å². The fourth-order valence-corrected chi connectivity index (χ4v) is 1.82. The molecular weight excluding hydrogens is 256 g/mol. The minimum Gasteiger partial charge on any atom is -0.481 e. The summed E-state index contributed by atoms with van der Waals surface area (Å²) in [6, 6.07) is 3.11. The molecule has 18 heavy (non-hydrogen) atoms. The molecule has 0 aliphatic heterocycles. The first-order chi connectivity index (χ1) is 8.58.